The molecule has 5 heteroatoms. The van der Waals surface area contributed by atoms with Crippen molar-refractivity contribution >= 4 is 49.5 Å². The number of carbonyl (C=O) groups excluding carboxylic acids is 1. The van der Waals surface area contributed by atoms with Crippen molar-refractivity contribution in [3.8, 4) is 40.1 Å². The SMILES string of the molecule is N#Cc1ccc(-c2ccc(-c3ccc(C(=O)c4ccc(-n5c6ccccc6c6ccc7c8ccccc8oc7c65)cc4)cc3)cc2)cc1C#N. The normalized spacial score (nSPS) is 11.2. The van der Waals surface area contributed by atoms with Gasteiger partial charge < -0.3 is 8.98 Å². The molecule has 5 nitrogen and oxygen atoms in total. The highest BCUT2D eigenvalue weighted by Crippen LogP contribution is 2.40. The number of nitriles is 2. The first-order valence-electron chi connectivity index (χ1n) is 16.2. The van der Waals surface area contributed by atoms with Crippen molar-refractivity contribution in [3.63, 3.8) is 0 Å². The number of ketones is 1. The van der Waals surface area contributed by atoms with Crippen molar-refractivity contribution in [1.29, 1.82) is 10.5 Å². The third-order valence-electron chi connectivity index (χ3n) is 9.53. The summed E-state index contributed by atoms with van der Waals surface area (Å²) in [4.78, 5) is 13.6. The molecule has 0 amide bonds. The van der Waals surface area contributed by atoms with E-state index in [1.807, 2.05) is 103 Å². The summed E-state index contributed by atoms with van der Waals surface area (Å²) in [6.45, 7) is 0. The van der Waals surface area contributed by atoms with Crippen molar-refractivity contribution in [2.75, 3.05) is 0 Å². The zero-order chi connectivity index (χ0) is 33.8. The van der Waals surface area contributed by atoms with Gasteiger partial charge in [-0.3, -0.25) is 4.79 Å². The van der Waals surface area contributed by atoms with Crippen LogP contribution in [0.5, 0.6) is 0 Å². The van der Waals surface area contributed by atoms with Crippen molar-refractivity contribution in [2.24, 2.45) is 0 Å². The summed E-state index contributed by atoms with van der Waals surface area (Å²) in [6.07, 6.45) is 0. The summed E-state index contributed by atoms with van der Waals surface area (Å²) in [7, 11) is 0. The predicted octanol–water partition coefficient (Wildman–Crippen LogP) is 11.0. The molecule has 0 N–H and O–H groups in total. The molecule has 0 radical (unpaired) electrons. The molecule has 0 fully saturated rings. The number of aromatic nitrogens is 1. The number of hydrogen-bond acceptors (Lipinski definition) is 4. The minimum Gasteiger partial charge on any atom is -0.454 e. The van der Waals surface area contributed by atoms with Gasteiger partial charge in [0, 0.05) is 38.4 Å². The molecule has 232 valence electrons. The van der Waals surface area contributed by atoms with E-state index >= 15 is 0 Å². The van der Waals surface area contributed by atoms with Crippen LogP contribution >= 0.6 is 0 Å². The molecular formula is C45H25N3O2. The fraction of sp³-hybridized carbons (Fsp3) is 0. The highest BCUT2D eigenvalue weighted by atomic mass is 16.3. The first kappa shape index (κ1) is 29.0. The molecule has 0 saturated heterocycles. The first-order chi connectivity index (χ1) is 24.6. The Morgan fingerprint density at radius 3 is 1.78 bits per heavy atom. The second-order valence-electron chi connectivity index (χ2n) is 12.3. The van der Waals surface area contributed by atoms with Gasteiger partial charge in [-0.25, -0.2) is 0 Å². The molecule has 0 aliphatic heterocycles. The standard InChI is InChI=1S/C45H25N3O2/c46-26-34-18-17-33(25-35(34)27-47)30-11-9-28(10-12-30)29-13-15-31(16-14-29)44(49)32-19-21-36(22-20-32)48-41-7-3-1-5-37(41)39-23-24-40-38-6-2-4-8-42(38)50-45(40)43(39)48/h1-25H. The molecule has 7 aromatic carbocycles. The van der Waals surface area contributed by atoms with Gasteiger partial charge in [-0.05, 0) is 76.9 Å². The Labute approximate surface area is 287 Å². The van der Waals surface area contributed by atoms with E-state index in [1.165, 1.54) is 0 Å². The van der Waals surface area contributed by atoms with E-state index in [-0.39, 0.29) is 5.78 Å². The average Bonchev–Trinajstić information content (AvgIpc) is 3.74. The van der Waals surface area contributed by atoms with Gasteiger partial charge in [-0.1, -0.05) is 97.1 Å². The van der Waals surface area contributed by atoms with Crippen LogP contribution in [0.1, 0.15) is 27.0 Å². The summed E-state index contributed by atoms with van der Waals surface area (Å²) in [5.41, 5.74) is 10.5. The summed E-state index contributed by atoms with van der Waals surface area (Å²) < 4.78 is 8.70. The summed E-state index contributed by atoms with van der Waals surface area (Å²) >= 11 is 0. The molecule has 0 bridgehead atoms. The van der Waals surface area contributed by atoms with Gasteiger partial charge in [0.15, 0.2) is 11.4 Å². The lowest BCUT2D eigenvalue weighted by Gasteiger charge is -2.10. The lowest BCUT2D eigenvalue weighted by atomic mass is 9.96. The van der Waals surface area contributed by atoms with Crippen LogP contribution in [0.4, 0.5) is 0 Å². The number of carbonyl (C=O) groups is 1. The van der Waals surface area contributed by atoms with Crippen molar-refractivity contribution in [1.82, 2.24) is 4.57 Å². The number of rotatable bonds is 5. The van der Waals surface area contributed by atoms with E-state index < -0.39 is 0 Å². The zero-order valence-electron chi connectivity index (χ0n) is 26.6. The molecule has 0 saturated carbocycles. The maximum Gasteiger partial charge on any atom is 0.193 e. The van der Waals surface area contributed by atoms with Gasteiger partial charge in [0.25, 0.3) is 0 Å². The van der Waals surface area contributed by atoms with E-state index in [9.17, 15) is 15.3 Å². The summed E-state index contributed by atoms with van der Waals surface area (Å²) in [5, 5.41) is 23.0. The van der Waals surface area contributed by atoms with Crippen molar-refractivity contribution < 1.29 is 9.21 Å². The largest absolute Gasteiger partial charge is 0.454 e. The quantitative estimate of drug-likeness (QED) is 0.175. The van der Waals surface area contributed by atoms with Crippen LogP contribution in [-0.4, -0.2) is 10.4 Å². The molecule has 9 aromatic rings. The van der Waals surface area contributed by atoms with Gasteiger partial charge in [-0.2, -0.15) is 10.5 Å². The van der Waals surface area contributed by atoms with Gasteiger partial charge in [0.1, 0.15) is 17.7 Å². The summed E-state index contributed by atoms with van der Waals surface area (Å²) in [6, 6.07) is 53.7. The smallest absolute Gasteiger partial charge is 0.193 e. The number of hydrogen-bond donors (Lipinski definition) is 0. The Bertz CT molecular complexity index is 2880. The van der Waals surface area contributed by atoms with Crippen LogP contribution in [0.15, 0.2) is 156 Å². The van der Waals surface area contributed by atoms with Crippen LogP contribution in [0, 0.1) is 22.7 Å². The van der Waals surface area contributed by atoms with E-state index in [0.717, 1.165) is 71.7 Å². The van der Waals surface area contributed by atoms with Crippen LogP contribution in [0.3, 0.4) is 0 Å². The van der Waals surface area contributed by atoms with Gasteiger partial charge in [-0.15, -0.1) is 0 Å². The number of para-hydroxylation sites is 2. The second kappa shape index (κ2) is 11.5. The van der Waals surface area contributed by atoms with E-state index in [0.29, 0.717) is 22.3 Å². The molecule has 2 heterocycles. The predicted molar refractivity (Wildman–Crippen MR) is 198 cm³/mol. The highest BCUT2D eigenvalue weighted by molar-refractivity contribution is 6.21. The maximum absolute atomic E-state index is 13.6. The van der Waals surface area contributed by atoms with Gasteiger partial charge in [0.05, 0.1) is 22.2 Å². The van der Waals surface area contributed by atoms with E-state index in [1.54, 1.807) is 12.1 Å². The lowest BCUT2D eigenvalue weighted by molar-refractivity contribution is 0.103. The maximum atomic E-state index is 13.6. The summed E-state index contributed by atoms with van der Waals surface area (Å²) in [5.74, 6) is -0.0468. The minimum absolute atomic E-state index is 0.0468. The molecule has 9 rings (SSSR count). The molecule has 0 atom stereocenters. The highest BCUT2D eigenvalue weighted by Gasteiger charge is 2.19. The minimum atomic E-state index is -0.0468. The van der Waals surface area contributed by atoms with Crippen LogP contribution in [0.2, 0.25) is 0 Å². The molecular weight excluding hydrogens is 615 g/mol. The number of nitrogens with zero attached hydrogens (tertiary/aromatic N) is 3. The van der Waals surface area contributed by atoms with Gasteiger partial charge in [0.2, 0.25) is 0 Å². The Balaban J connectivity index is 1.02. The Morgan fingerprint density at radius 1 is 0.520 bits per heavy atom. The molecule has 0 aliphatic rings. The van der Waals surface area contributed by atoms with E-state index in [4.69, 9.17) is 4.42 Å². The second-order valence-corrected chi connectivity index (χ2v) is 12.3. The third kappa shape index (κ3) is 4.58. The third-order valence-corrected chi connectivity index (χ3v) is 9.53. The molecule has 0 spiro atoms. The first-order valence-corrected chi connectivity index (χ1v) is 16.2. The fourth-order valence-electron chi connectivity index (χ4n) is 7.01. The molecule has 50 heavy (non-hydrogen) atoms. The molecule has 0 unspecified atom stereocenters. The molecule has 0 aliphatic carbocycles. The number of furan rings is 1. The number of fused-ring (bicyclic) bond motifs is 7. The van der Waals surface area contributed by atoms with Crippen LogP contribution < -0.4 is 0 Å². The van der Waals surface area contributed by atoms with Gasteiger partial charge >= 0.3 is 0 Å². The Morgan fingerprint density at radius 2 is 1.08 bits per heavy atom. The zero-order valence-corrected chi connectivity index (χ0v) is 26.6. The van der Waals surface area contributed by atoms with Crippen molar-refractivity contribution in [2.45, 2.75) is 0 Å². The average molecular weight is 640 g/mol. The van der Waals surface area contributed by atoms with Crippen LogP contribution in [-0.2, 0) is 0 Å². The van der Waals surface area contributed by atoms with Crippen LogP contribution in [0.25, 0.3) is 71.7 Å². The topological polar surface area (TPSA) is 82.7 Å². The fourth-order valence-corrected chi connectivity index (χ4v) is 7.01. The Kier molecular flexibility index (Phi) is 6.66. The lowest BCUT2D eigenvalue weighted by Crippen LogP contribution is -2.02. The molecule has 2 aromatic heterocycles. The Hall–Kier alpha value is -7.21. The van der Waals surface area contributed by atoms with E-state index in [2.05, 4.69) is 53.1 Å². The van der Waals surface area contributed by atoms with Crippen molar-refractivity contribution in [3.05, 3.63) is 174 Å². The number of benzene rings is 7. The monoisotopic (exact) mass is 639 g/mol.